The first-order valence-electron chi connectivity index (χ1n) is 8.00. The second-order valence-electron chi connectivity index (χ2n) is 5.88. The van der Waals surface area contributed by atoms with Crippen LogP contribution in [0.2, 0.25) is 0 Å². The summed E-state index contributed by atoms with van der Waals surface area (Å²) in [6.45, 7) is 2.55. The molecule has 3 N–H and O–H groups in total. The third-order valence-corrected chi connectivity index (χ3v) is 6.08. The van der Waals surface area contributed by atoms with Gasteiger partial charge in [0.2, 0.25) is 15.9 Å². The lowest BCUT2D eigenvalue weighted by Gasteiger charge is -2.31. The maximum Gasteiger partial charge on any atom is 0.237 e. The zero-order chi connectivity index (χ0) is 16.9. The van der Waals surface area contributed by atoms with Gasteiger partial charge in [-0.3, -0.25) is 4.79 Å². The normalized spacial score (nSPS) is 17.8. The Morgan fingerprint density at radius 1 is 1.29 bits per heavy atom. The molecule has 8 heteroatoms. The molecule has 1 saturated heterocycles. The van der Waals surface area contributed by atoms with E-state index in [2.05, 4.69) is 5.32 Å². The molecule has 0 aliphatic carbocycles. The number of carbonyl (C=O) groups is 1. The zero-order valence-electron chi connectivity index (χ0n) is 13.8. The summed E-state index contributed by atoms with van der Waals surface area (Å²) in [7, 11) is -3.13. The Bertz CT molecular complexity index is 617. The highest BCUT2D eigenvalue weighted by Gasteiger charge is 2.28. The molecule has 0 aromatic heterocycles. The quantitative estimate of drug-likeness (QED) is 0.772. The average Bonchev–Trinajstić information content (AvgIpc) is 2.56. The molecule has 1 heterocycles. The topological polar surface area (TPSA) is 92.5 Å². The molecule has 1 atom stereocenters. The van der Waals surface area contributed by atoms with Gasteiger partial charge in [-0.15, -0.1) is 12.4 Å². The van der Waals surface area contributed by atoms with E-state index in [1.807, 2.05) is 30.3 Å². The van der Waals surface area contributed by atoms with E-state index in [9.17, 15) is 13.2 Å². The van der Waals surface area contributed by atoms with Gasteiger partial charge < -0.3 is 11.1 Å². The van der Waals surface area contributed by atoms with E-state index in [0.717, 1.165) is 5.56 Å². The van der Waals surface area contributed by atoms with Crippen LogP contribution in [0, 0.1) is 0 Å². The largest absolute Gasteiger partial charge is 0.352 e. The number of benzene rings is 1. The van der Waals surface area contributed by atoms with E-state index in [1.165, 1.54) is 4.31 Å². The van der Waals surface area contributed by atoms with Crippen molar-refractivity contribution < 1.29 is 13.2 Å². The molecule has 24 heavy (non-hydrogen) atoms. The first-order valence-corrected chi connectivity index (χ1v) is 9.61. The van der Waals surface area contributed by atoms with Crippen LogP contribution in [-0.4, -0.2) is 49.6 Å². The number of halogens is 1. The minimum atomic E-state index is -3.13. The summed E-state index contributed by atoms with van der Waals surface area (Å²) in [5, 5.41) is 2.94. The zero-order valence-corrected chi connectivity index (χ0v) is 15.5. The van der Waals surface area contributed by atoms with Gasteiger partial charge in [-0.05, 0) is 31.7 Å². The van der Waals surface area contributed by atoms with Gasteiger partial charge in [-0.2, -0.15) is 0 Å². The summed E-state index contributed by atoms with van der Waals surface area (Å²) in [5.41, 5.74) is 6.99. The Morgan fingerprint density at radius 3 is 2.42 bits per heavy atom. The molecular formula is C16H26ClN3O3S. The number of nitrogens with zero attached hydrogens (tertiary/aromatic N) is 1. The van der Waals surface area contributed by atoms with Crippen molar-refractivity contribution in [3.63, 3.8) is 0 Å². The van der Waals surface area contributed by atoms with Crippen molar-refractivity contribution in [2.75, 3.05) is 18.8 Å². The summed E-state index contributed by atoms with van der Waals surface area (Å²) >= 11 is 0. The van der Waals surface area contributed by atoms with E-state index in [4.69, 9.17) is 5.73 Å². The fourth-order valence-electron chi connectivity index (χ4n) is 2.73. The lowest BCUT2D eigenvalue weighted by atomic mass is 10.0. The van der Waals surface area contributed by atoms with Crippen LogP contribution in [0.25, 0.3) is 0 Å². The summed E-state index contributed by atoms with van der Waals surface area (Å²) in [6, 6.07) is 9.06. The minimum absolute atomic E-state index is 0. The van der Waals surface area contributed by atoms with Gasteiger partial charge in [0.15, 0.2) is 0 Å². The van der Waals surface area contributed by atoms with Crippen LogP contribution in [-0.2, 0) is 21.2 Å². The van der Waals surface area contributed by atoms with E-state index >= 15 is 0 Å². The molecule has 1 amide bonds. The van der Waals surface area contributed by atoms with Crippen LogP contribution in [0.15, 0.2) is 30.3 Å². The number of piperidine rings is 1. The van der Waals surface area contributed by atoms with Gasteiger partial charge in [0.25, 0.3) is 0 Å². The highest BCUT2D eigenvalue weighted by Crippen LogP contribution is 2.14. The summed E-state index contributed by atoms with van der Waals surface area (Å²) in [6.07, 6.45) is 1.75. The molecule has 1 aliphatic rings. The Kier molecular flexibility index (Phi) is 8.15. The summed E-state index contributed by atoms with van der Waals surface area (Å²) in [4.78, 5) is 12.2. The van der Waals surface area contributed by atoms with Crippen LogP contribution < -0.4 is 11.1 Å². The number of sulfonamides is 1. The van der Waals surface area contributed by atoms with Crippen molar-refractivity contribution in [2.45, 2.75) is 38.3 Å². The van der Waals surface area contributed by atoms with Gasteiger partial charge >= 0.3 is 0 Å². The van der Waals surface area contributed by atoms with Gasteiger partial charge in [0, 0.05) is 19.1 Å². The molecule has 2 rings (SSSR count). The van der Waals surface area contributed by atoms with Gasteiger partial charge in [-0.1, -0.05) is 30.3 Å². The van der Waals surface area contributed by atoms with Crippen molar-refractivity contribution >= 4 is 28.3 Å². The monoisotopic (exact) mass is 375 g/mol. The van der Waals surface area contributed by atoms with Crippen molar-refractivity contribution in [1.82, 2.24) is 9.62 Å². The second-order valence-corrected chi connectivity index (χ2v) is 8.14. The lowest BCUT2D eigenvalue weighted by Crippen LogP contribution is -2.51. The number of amides is 1. The van der Waals surface area contributed by atoms with Crippen LogP contribution in [0.3, 0.4) is 0 Å². The highest BCUT2D eigenvalue weighted by atomic mass is 35.5. The molecule has 0 radical (unpaired) electrons. The predicted molar refractivity (Wildman–Crippen MR) is 97.6 cm³/mol. The van der Waals surface area contributed by atoms with Crippen molar-refractivity contribution in [3.05, 3.63) is 35.9 Å². The lowest BCUT2D eigenvalue weighted by molar-refractivity contribution is -0.123. The van der Waals surface area contributed by atoms with Crippen LogP contribution in [0.4, 0.5) is 0 Å². The molecule has 1 fully saturated rings. The number of hydrogen-bond acceptors (Lipinski definition) is 4. The highest BCUT2D eigenvalue weighted by molar-refractivity contribution is 7.89. The molecule has 6 nitrogen and oxygen atoms in total. The third-order valence-electron chi connectivity index (χ3n) is 4.19. The maximum absolute atomic E-state index is 12.2. The van der Waals surface area contributed by atoms with Gasteiger partial charge in [-0.25, -0.2) is 12.7 Å². The van der Waals surface area contributed by atoms with E-state index in [-0.39, 0.29) is 30.1 Å². The number of hydrogen-bond donors (Lipinski definition) is 2. The molecule has 1 aliphatic heterocycles. The molecular weight excluding hydrogens is 350 g/mol. The van der Waals surface area contributed by atoms with Crippen LogP contribution in [0.1, 0.15) is 25.3 Å². The molecule has 0 unspecified atom stereocenters. The van der Waals surface area contributed by atoms with E-state index in [0.29, 0.717) is 32.4 Å². The Morgan fingerprint density at radius 2 is 1.88 bits per heavy atom. The standard InChI is InChI=1S/C16H25N3O3S.ClH/c1-2-23(21,22)19-10-8-14(9-11-19)18-16(20)15(17)12-13-6-4-3-5-7-13;/h3-7,14-15H,2,8-12,17H2,1H3,(H,18,20);1H/t15-;/m0./s1. The van der Waals surface area contributed by atoms with Gasteiger partial charge in [0.05, 0.1) is 11.8 Å². The third kappa shape index (κ3) is 5.73. The Labute approximate surface area is 150 Å². The first-order chi connectivity index (χ1) is 10.9. The van der Waals surface area contributed by atoms with E-state index in [1.54, 1.807) is 6.92 Å². The first kappa shape index (κ1) is 20.9. The Balaban J connectivity index is 0.00000288. The molecule has 136 valence electrons. The predicted octanol–water partition coefficient (Wildman–Crippen LogP) is 0.909. The van der Waals surface area contributed by atoms with Crippen LogP contribution in [0.5, 0.6) is 0 Å². The molecule has 0 spiro atoms. The number of carbonyl (C=O) groups excluding carboxylic acids is 1. The number of rotatable bonds is 6. The number of nitrogens with two attached hydrogens (primary N) is 1. The van der Waals surface area contributed by atoms with Crippen molar-refractivity contribution in [1.29, 1.82) is 0 Å². The fourth-order valence-corrected chi connectivity index (χ4v) is 3.86. The summed E-state index contributed by atoms with van der Waals surface area (Å²) in [5.74, 6) is -0.0583. The van der Waals surface area contributed by atoms with E-state index < -0.39 is 16.1 Å². The molecule has 0 saturated carbocycles. The van der Waals surface area contributed by atoms with Gasteiger partial charge in [0.1, 0.15) is 0 Å². The minimum Gasteiger partial charge on any atom is -0.352 e. The average molecular weight is 376 g/mol. The van der Waals surface area contributed by atoms with Crippen molar-refractivity contribution in [2.24, 2.45) is 5.73 Å². The second kappa shape index (κ2) is 9.36. The Hall–Kier alpha value is -1.15. The van der Waals surface area contributed by atoms with Crippen molar-refractivity contribution in [3.8, 4) is 0 Å². The van der Waals surface area contributed by atoms with Crippen LogP contribution >= 0.6 is 12.4 Å². The number of nitrogens with one attached hydrogen (secondary N) is 1. The SMILES string of the molecule is CCS(=O)(=O)N1CCC(NC(=O)[C@@H](N)Cc2ccccc2)CC1.Cl. The summed E-state index contributed by atoms with van der Waals surface area (Å²) < 4.78 is 25.1. The fraction of sp³-hybridized carbons (Fsp3) is 0.562. The smallest absolute Gasteiger partial charge is 0.237 e. The molecule has 0 bridgehead atoms. The molecule has 1 aromatic carbocycles. The maximum atomic E-state index is 12.2. The molecule has 1 aromatic rings.